The minimum Gasteiger partial charge on any atom is -0.508 e. The van der Waals surface area contributed by atoms with Crippen molar-refractivity contribution in [1.29, 1.82) is 0 Å². The molecule has 0 aromatic heterocycles. The second kappa shape index (κ2) is 3.76. The highest BCUT2D eigenvalue weighted by molar-refractivity contribution is 7.27. The van der Waals surface area contributed by atoms with Crippen LogP contribution in [0.5, 0.6) is 5.75 Å². The molecule has 0 heterocycles. The van der Waals surface area contributed by atoms with E-state index in [2.05, 4.69) is 0 Å². The molecule has 5 heteroatoms. The minimum atomic E-state index is -1.45. The van der Waals surface area contributed by atoms with Crippen LogP contribution in [0.1, 0.15) is 12.5 Å². The normalized spacial score (nSPS) is 14.9. The lowest BCUT2D eigenvalue weighted by Crippen LogP contribution is -2.25. The lowest BCUT2D eigenvalue weighted by atomic mass is 10.0. The Morgan fingerprint density at radius 1 is 1.50 bits per heavy atom. The number of phenols is 1. The average Bonchev–Trinajstić information content (AvgIpc) is 2.16. The van der Waals surface area contributed by atoms with Gasteiger partial charge < -0.3 is 10.2 Å². The zero-order valence-electron chi connectivity index (χ0n) is 7.52. The highest BCUT2D eigenvalue weighted by Gasteiger charge is 2.44. The number of hydrogen-bond donors (Lipinski definition) is 2. The molecule has 1 rings (SSSR count). The summed E-state index contributed by atoms with van der Waals surface area (Å²) in [6.07, 6.45) is 0. The van der Waals surface area contributed by atoms with Gasteiger partial charge in [0.05, 0.1) is 0 Å². The predicted octanol–water partition coefficient (Wildman–Crippen LogP) is 1.72. The fourth-order valence-electron chi connectivity index (χ4n) is 1.04. The van der Waals surface area contributed by atoms with E-state index >= 15 is 0 Å². The van der Waals surface area contributed by atoms with Crippen LogP contribution in [0.3, 0.4) is 0 Å². The third kappa shape index (κ3) is 1.75. The number of aliphatic carboxylic acids is 1. The van der Waals surface area contributed by atoms with Crippen molar-refractivity contribution in [3.05, 3.63) is 29.8 Å². The summed E-state index contributed by atoms with van der Waals surface area (Å²) in [5, 5.41) is 16.6. The smallest absolute Gasteiger partial charge is 0.363 e. The highest BCUT2D eigenvalue weighted by atomic mass is 31.1. The van der Waals surface area contributed by atoms with Crippen molar-refractivity contribution in [2.75, 3.05) is 0 Å². The maximum Gasteiger partial charge on any atom is 0.363 e. The molecule has 0 amide bonds. The summed E-state index contributed by atoms with van der Waals surface area (Å²) >= 11 is 0. The zero-order valence-corrected chi connectivity index (χ0v) is 8.52. The Hall–Kier alpha value is -1.41. The molecule has 74 valence electrons. The first kappa shape index (κ1) is 10.7. The topological polar surface area (TPSA) is 74.6 Å². The third-order valence-electron chi connectivity index (χ3n) is 2.06. The van der Waals surface area contributed by atoms with Gasteiger partial charge in [-0.3, -0.25) is 0 Å². The van der Waals surface area contributed by atoms with Gasteiger partial charge in [-0.05, 0) is 12.1 Å². The highest BCUT2D eigenvalue weighted by Crippen LogP contribution is 2.36. The molecule has 0 spiro atoms. The number of carboxylic acids is 1. The zero-order chi connectivity index (χ0) is 10.8. The van der Waals surface area contributed by atoms with Crippen molar-refractivity contribution in [1.82, 2.24) is 0 Å². The Balaban J connectivity index is 3.26. The molecule has 0 bridgehead atoms. The Morgan fingerprint density at radius 2 is 2.14 bits per heavy atom. The standard InChI is InChI=1S/C9H9O4P/c1-9(14-13,8(11)12)6-3-2-4-7(10)5-6/h2-5,10H,1H3,(H,11,12)/p+1. The second-order valence-electron chi connectivity index (χ2n) is 3.08. The minimum absolute atomic E-state index is 0.0341. The SMILES string of the molecule is CC([PH+]=O)(C(=O)O)c1cccc(O)c1. The molecule has 0 saturated heterocycles. The maximum absolute atomic E-state index is 10.9. The van der Waals surface area contributed by atoms with E-state index in [0.29, 0.717) is 5.56 Å². The summed E-state index contributed by atoms with van der Waals surface area (Å²) in [6, 6.07) is 5.78. The van der Waals surface area contributed by atoms with Crippen LogP contribution in [-0.2, 0) is 14.5 Å². The predicted molar refractivity (Wildman–Crippen MR) is 52.1 cm³/mol. The van der Waals surface area contributed by atoms with Crippen LogP contribution in [0.2, 0.25) is 0 Å². The first-order valence-corrected chi connectivity index (χ1v) is 4.84. The van der Waals surface area contributed by atoms with E-state index in [-0.39, 0.29) is 5.75 Å². The molecule has 0 aliphatic carbocycles. The molecule has 0 fully saturated rings. The van der Waals surface area contributed by atoms with Gasteiger partial charge in [-0.15, -0.1) is 0 Å². The Morgan fingerprint density at radius 3 is 2.57 bits per heavy atom. The van der Waals surface area contributed by atoms with E-state index in [1.165, 1.54) is 31.2 Å². The van der Waals surface area contributed by atoms with E-state index in [4.69, 9.17) is 10.2 Å². The number of hydrogen-bond acceptors (Lipinski definition) is 3. The van der Waals surface area contributed by atoms with Crippen LogP contribution in [0.25, 0.3) is 0 Å². The van der Waals surface area contributed by atoms with Crippen molar-refractivity contribution in [3.63, 3.8) is 0 Å². The van der Waals surface area contributed by atoms with E-state index in [9.17, 15) is 9.36 Å². The van der Waals surface area contributed by atoms with Crippen LogP contribution in [0.4, 0.5) is 0 Å². The lowest BCUT2D eigenvalue weighted by Gasteiger charge is -2.10. The molecular weight excluding hydrogens is 203 g/mol. The molecule has 2 atom stereocenters. The van der Waals surface area contributed by atoms with Crippen LogP contribution in [0.15, 0.2) is 24.3 Å². The van der Waals surface area contributed by atoms with E-state index in [0.717, 1.165) is 0 Å². The monoisotopic (exact) mass is 213 g/mol. The van der Waals surface area contributed by atoms with Gasteiger partial charge in [0.2, 0.25) is 0 Å². The fraction of sp³-hybridized carbons (Fsp3) is 0.222. The van der Waals surface area contributed by atoms with Crippen molar-refractivity contribution >= 4 is 14.4 Å². The lowest BCUT2D eigenvalue weighted by molar-refractivity contribution is -0.139. The largest absolute Gasteiger partial charge is 0.508 e. The van der Waals surface area contributed by atoms with E-state index in [1.807, 2.05) is 0 Å². The third-order valence-corrected chi connectivity index (χ3v) is 2.97. The van der Waals surface area contributed by atoms with Crippen LogP contribution in [0, 0.1) is 0 Å². The summed E-state index contributed by atoms with van der Waals surface area (Å²) in [4.78, 5) is 10.9. The average molecular weight is 213 g/mol. The Bertz CT molecular complexity index is 377. The van der Waals surface area contributed by atoms with E-state index < -0.39 is 19.6 Å². The number of benzene rings is 1. The number of aromatic hydroxyl groups is 1. The van der Waals surface area contributed by atoms with Crippen molar-refractivity contribution in [2.24, 2.45) is 0 Å². The number of carbonyl (C=O) groups is 1. The summed E-state index contributed by atoms with van der Waals surface area (Å²) in [6.45, 7) is 1.36. The van der Waals surface area contributed by atoms with Gasteiger partial charge in [0.25, 0.3) is 5.16 Å². The fourth-order valence-corrected chi connectivity index (χ4v) is 1.40. The van der Waals surface area contributed by atoms with Gasteiger partial charge in [0.1, 0.15) is 5.75 Å². The van der Waals surface area contributed by atoms with Crippen LogP contribution < -0.4 is 0 Å². The molecular formula is C9H10O4P+. The Kier molecular flexibility index (Phi) is 2.87. The number of carboxylic acid groups (broad SMARTS) is 1. The van der Waals surface area contributed by atoms with Crippen LogP contribution in [-0.4, -0.2) is 16.2 Å². The molecule has 0 saturated carbocycles. The van der Waals surface area contributed by atoms with Gasteiger partial charge in [0, 0.05) is 12.5 Å². The van der Waals surface area contributed by atoms with Gasteiger partial charge in [-0.25, -0.2) is 4.79 Å². The van der Waals surface area contributed by atoms with Crippen LogP contribution >= 0.6 is 8.46 Å². The molecule has 0 aliphatic heterocycles. The summed E-state index contributed by atoms with van der Waals surface area (Å²) in [5.41, 5.74) is 0.332. The van der Waals surface area contributed by atoms with Crippen molar-refractivity contribution in [2.45, 2.75) is 12.1 Å². The molecule has 2 unspecified atom stereocenters. The van der Waals surface area contributed by atoms with Gasteiger partial charge >= 0.3 is 14.4 Å². The first-order chi connectivity index (χ1) is 6.50. The first-order valence-electron chi connectivity index (χ1n) is 3.93. The van der Waals surface area contributed by atoms with Gasteiger partial charge in [-0.2, -0.15) is 0 Å². The Labute approximate surface area is 82.4 Å². The summed E-state index contributed by atoms with van der Waals surface area (Å²) < 4.78 is 10.9. The second-order valence-corrected chi connectivity index (χ2v) is 4.29. The molecule has 4 nitrogen and oxygen atoms in total. The summed E-state index contributed by atoms with van der Waals surface area (Å²) in [7, 11) is -1.00. The van der Waals surface area contributed by atoms with Crippen molar-refractivity contribution < 1.29 is 19.6 Å². The van der Waals surface area contributed by atoms with Gasteiger partial charge in [-0.1, -0.05) is 16.7 Å². The molecule has 0 radical (unpaired) electrons. The van der Waals surface area contributed by atoms with Gasteiger partial charge in [0.15, 0.2) is 0 Å². The molecule has 0 aliphatic rings. The molecule has 1 aromatic rings. The quantitative estimate of drug-likeness (QED) is 0.749. The van der Waals surface area contributed by atoms with Crippen molar-refractivity contribution in [3.8, 4) is 5.75 Å². The number of rotatable bonds is 3. The maximum atomic E-state index is 10.9. The van der Waals surface area contributed by atoms with E-state index in [1.54, 1.807) is 0 Å². The molecule has 1 aromatic carbocycles. The number of phenolic OH excluding ortho intramolecular Hbond substituents is 1. The summed E-state index contributed by atoms with van der Waals surface area (Å²) in [5.74, 6) is -1.20. The molecule has 2 N–H and O–H groups in total. The molecule has 14 heavy (non-hydrogen) atoms.